The van der Waals surface area contributed by atoms with Crippen molar-refractivity contribution in [2.75, 3.05) is 54.1 Å². The fourth-order valence-electron chi connectivity index (χ4n) is 4.82. The van der Waals surface area contributed by atoms with E-state index in [2.05, 4.69) is 98.9 Å². The summed E-state index contributed by atoms with van der Waals surface area (Å²) in [5, 5.41) is 0. The van der Waals surface area contributed by atoms with Gasteiger partial charge in [0.15, 0.2) is 0 Å². The third-order valence-electron chi connectivity index (χ3n) is 7.96. The molecule has 0 radical (unpaired) electrons. The van der Waals surface area contributed by atoms with Gasteiger partial charge in [-0.05, 0) is 77.0 Å². The molecule has 0 amide bonds. The number of allylic oxidation sites excluding steroid dienone is 13. The number of unbranched alkanes of at least 4 members (excludes halogenated alkanes) is 8. The van der Waals surface area contributed by atoms with Gasteiger partial charge in [0.2, 0.25) is 0 Å². The van der Waals surface area contributed by atoms with Crippen LogP contribution in [0.1, 0.15) is 129 Å². The van der Waals surface area contributed by atoms with Crippen LogP contribution in [0.25, 0.3) is 0 Å². The highest BCUT2D eigenvalue weighted by Crippen LogP contribution is 2.43. The molecule has 0 rings (SSSR count). The zero-order valence-electron chi connectivity index (χ0n) is 34.2. The van der Waals surface area contributed by atoms with Gasteiger partial charge in [-0.15, -0.1) is 0 Å². The van der Waals surface area contributed by atoms with E-state index in [1.807, 2.05) is 21.1 Å². The molecule has 0 aromatic heterocycles. The third kappa shape index (κ3) is 40.7. The van der Waals surface area contributed by atoms with Crippen molar-refractivity contribution in [3.05, 3.63) is 85.1 Å². The maximum Gasteiger partial charge on any atom is 0.472 e. The predicted octanol–water partition coefficient (Wildman–Crippen LogP) is 11.7. The van der Waals surface area contributed by atoms with Crippen LogP contribution in [0.4, 0.5) is 0 Å². The third-order valence-corrected chi connectivity index (χ3v) is 8.94. The van der Waals surface area contributed by atoms with Gasteiger partial charge in [0.1, 0.15) is 19.3 Å². The highest BCUT2D eigenvalue weighted by Gasteiger charge is 2.26. The van der Waals surface area contributed by atoms with Crippen molar-refractivity contribution < 1.29 is 37.3 Å². The normalized spacial score (nSPS) is 14.8. The van der Waals surface area contributed by atoms with Crippen LogP contribution in [0.15, 0.2) is 85.1 Å². The number of hydrogen-bond acceptors (Lipinski definition) is 6. The van der Waals surface area contributed by atoms with Gasteiger partial charge in [-0.2, -0.15) is 0 Å². The first-order valence-electron chi connectivity index (χ1n) is 20.3. The molecule has 2 atom stereocenters. The zero-order valence-corrected chi connectivity index (χ0v) is 35.1. The summed E-state index contributed by atoms with van der Waals surface area (Å²) in [6.07, 6.45) is 47.8. The van der Waals surface area contributed by atoms with Crippen LogP contribution in [0, 0.1) is 0 Å². The van der Waals surface area contributed by atoms with Crippen LogP contribution in [-0.4, -0.2) is 75.6 Å². The monoisotopic (exact) mass is 763 g/mol. The van der Waals surface area contributed by atoms with Crippen LogP contribution >= 0.6 is 7.82 Å². The summed E-state index contributed by atoms with van der Waals surface area (Å²) in [6, 6.07) is 0. The number of nitrogens with zero attached hydrogens (tertiary/aromatic N) is 1. The molecule has 1 N–H and O–H groups in total. The molecule has 0 aliphatic carbocycles. The fraction of sp³-hybridized carbons (Fsp3) is 0.659. The Morgan fingerprint density at radius 3 is 1.64 bits per heavy atom. The number of carbonyl (C=O) groups excluding carboxylic acids is 1. The minimum absolute atomic E-state index is 0.0670. The van der Waals surface area contributed by atoms with Gasteiger partial charge in [0.05, 0.1) is 41.0 Å². The molecule has 9 heteroatoms. The minimum Gasteiger partial charge on any atom is -0.457 e. The molecule has 0 spiro atoms. The summed E-state index contributed by atoms with van der Waals surface area (Å²) in [6.45, 7) is 5.19. The van der Waals surface area contributed by atoms with E-state index in [1.165, 1.54) is 25.7 Å². The Hall–Kier alpha value is -2.32. The molecule has 0 heterocycles. The van der Waals surface area contributed by atoms with Crippen molar-refractivity contribution in [1.29, 1.82) is 0 Å². The van der Waals surface area contributed by atoms with Gasteiger partial charge in [0, 0.05) is 6.42 Å². The van der Waals surface area contributed by atoms with Crippen LogP contribution in [0.5, 0.6) is 0 Å². The van der Waals surface area contributed by atoms with Gasteiger partial charge >= 0.3 is 13.8 Å². The first-order chi connectivity index (χ1) is 25.6. The number of likely N-dealkylation sites (N-methyl/N-ethyl adjacent to an activating group) is 1. The molecule has 0 aromatic carbocycles. The number of esters is 1. The van der Waals surface area contributed by atoms with Crippen molar-refractivity contribution in [3.8, 4) is 0 Å². The average Bonchev–Trinajstić information content (AvgIpc) is 3.11. The Labute approximate surface area is 325 Å². The molecule has 0 aromatic rings. The zero-order chi connectivity index (χ0) is 39.1. The van der Waals surface area contributed by atoms with Gasteiger partial charge in [0.25, 0.3) is 0 Å². The molecular weight excluding hydrogens is 685 g/mol. The Balaban J connectivity index is 4.45. The van der Waals surface area contributed by atoms with Crippen LogP contribution in [0.2, 0.25) is 0 Å². The molecule has 304 valence electrons. The molecule has 0 saturated heterocycles. The number of rotatable bonds is 36. The summed E-state index contributed by atoms with van der Waals surface area (Å²) in [7, 11) is 1.60. The van der Waals surface area contributed by atoms with E-state index in [-0.39, 0.29) is 32.2 Å². The average molecular weight is 763 g/mol. The molecule has 0 fully saturated rings. The Morgan fingerprint density at radius 1 is 0.604 bits per heavy atom. The first-order valence-corrected chi connectivity index (χ1v) is 21.8. The maximum absolute atomic E-state index is 12.6. The smallest absolute Gasteiger partial charge is 0.457 e. The number of phosphoric ester groups is 1. The maximum atomic E-state index is 12.6. The molecule has 2 unspecified atom stereocenters. The number of carbonyl (C=O) groups is 1. The summed E-state index contributed by atoms with van der Waals surface area (Å²) < 4.78 is 34.8. The second-order valence-corrected chi connectivity index (χ2v) is 15.7. The SMILES string of the molecule is CC/C=C\C/C=C\C/C=C\C/C=C\C/C=C\CCOCC(COP(=O)(O)OCC[N+](C)(C)C)OC(=O)CCCCCCC/C=C\C/C=C\CCCCC. The second kappa shape index (κ2) is 36.6. The summed E-state index contributed by atoms with van der Waals surface area (Å²) in [5.74, 6) is -0.357. The van der Waals surface area contributed by atoms with Crippen LogP contribution < -0.4 is 0 Å². The topological polar surface area (TPSA) is 91.3 Å². The quantitative estimate of drug-likeness (QED) is 0.0223. The van der Waals surface area contributed by atoms with Crippen molar-refractivity contribution in [2.45, 2.75) is 136 Å². The number of phosphoric acid groups is 1. The van der Waals surface area contributed by atoms with E-state index in [1.54, 1.807) is 0 Å². The summed E-state index contributed by atoms with van der Waals surface area (Å²) in [5.41, 5.74) is 0. The van der Waals surface area contributed by atoms with E-state index >= 15 is 0 Å². The van der Waals surface area contributed by atoms with E-state index in [0.29, 0.717) is 24.1 Å². The van der Waals surface area contributed by atoms with E-state index in [4.69, 9.17) is 18.5 Å². The van der Waals surface area contributed by atoms with Crippen LogP contribution in [0.3, 0.4) is 0 Å². The molecule has 0 saturated carbocycles. The van der Waals surface area contributed by atoms with E-state index in [0.717, 1.165) is 77.0 Å². The molecule has 8 nitrogen and oxygen atoms in total. The predicted molar refractivity (Wildman–Crippen MR) is 224 cm³/mol. The lowest BCUT2D eigenvalue weighted by Gasteiger charge is -2.24. The van der Waals surface area contributed by atoms with E-state index < -0.39 is 13.9 Å². The number of quaternary nitrogens is 1. The Morgan fingerprint density at radius 2 is 1.09 bits per heavy atom. The van der Waals surface area contributed by atoms with E-state index in [9.17, 15) is 14.3 Å². The van der Waals surface area contributed by atoms with Gasteiger partial charge in [-0.1, -0.05) is 131 Å². The fourth-order valence-corrected chi connectivity index (χ4v) is 5.56. The number of hydrogen-bond donors (Lipinski definition) is 1. The molecule has 53 heavy (non-hydrogen) atoms. The van der Waals surface area contributed by atoms with Crippen molar-refractivity contribution >= 4 is 13.8 Å². The Kier molecular flexibility index (Phi) is 35.0. The summed E-state index contributed by atoms with van der Waals surface area (Å²) >= 11 is 0. The second-order valence-electron chi connectivity index (χ2n) is 14.3. The lowest BCUT2D eigenvalue weighted by molar-refractivity contribution is -0.870. The highest BCUT2D eigenvalue weighted by molar-refractivity contribution is 7.47. The lowest BCUT2D eigenvalue weighted by Crippen LogP contribution is -2.37. The largest absolute Gasteiger partial charge is 0.472 e. The number of ether oxygens (including phenoxy) is 2. The Bertz CT molecular complexity index is 1120. The highest BCUT2D eigenvalue weighted by atomic mass is 31.2. The molecule has 0 bridgehead atoms. The first kappa shape index (κ1) is 50.7. The van der Waals surface area contributed by atoms with Crippen LogP contribution in [-0.2, 0) is 27.9 Å². The molecule has 0 aliphatic rings. The van der Waals surface area contributed by atoms with Gasteiger partial charge in [-0.25, -0.2) is 4.57 Å². The minimum atomic E-state index is -4.30. The molecular formula is C44H77NO7P+. The van der Waals surface area contributed by atoms with Crippen molar-refractivity contribution in [2.24, 2.45) is 0 Å². The van der Waals surface area contributed by atoms with Gasteiger partial charge in [-0.3, -0.25) is 13.8 Å². The lowest BCUT2D eigenvalue weighted by atomic mass is 10.1. The van der Waals surface area contributed by atoms with Gasteiger partial charge < -0.3 is 18.9 Å². The molecule has 0 aliphatic heterocycles. The van der Waals surface area contributed by atoms with Crippen molar-refractivity contribution in [1.82, 2.24) is 0 Å². The summed E-state index contributed by atoms with van der Waals surface area (Å²) in [4.78, 5) is 22.8. The van der Waals surface area contributed by atoms with Crippen molar-refractivity contribution in [3.63, 3.8) is 0 Å². The standard InChI is InChI=1S/C44H76NO7P/c1-6-8-10-12-14-16-18-20-22-24-26-28-30-32-34-36-39-49-41-43(42-51-53(47,48)50-40-38-45(3,4)5)52-44(46)37-35-33-31-29-27-25-23-21-19-17-15-13-11-9-7-2/h8,10,14-17,20-23,26,28,32,34,43H,6-7,9,11-13,18-19,24-25,27,29-31,33,35-42H2,1-5H3/p+1/b10-8-,16-14-,17-15-,22-20-,23-21-,28-26-,34-32-.